The van der Waals surface area contributed by atoms with Gasteiger partial charge in [-0.3, -0.25) is 5.10 Å². The summed E-state index contributed by atoms with van der Waals surface area (Å²) in [6.07, 6.45) is -8.49. The molecule has 0 aliphatic carbocycles. The molecule has 0 amide bonds. The number of sulfone groups is 1. The Hall–Kier alpha value is -3.96. The van der Waals surface area contributed by atoms with Crippen molar-refractivity contribution in [3.63, 3.8) is 0 Å². The first-order chi connectivity index (χ1) is 16.2. The Morgan fingerprint density at radius 1 is 1.09 bits per heavy atom. The van der Waals surface area contributed by atoms with E-state index in [9.17, 15) is 34.8 Å². The van der Waals surface area contributed by atoms with Crippen LogP contribution in [-0.4, -0.2) is 55.8 Å². The lowest BCUT2D eigenvalue weighted by molar-refractivity contribution is -0.274. The molecule has 0 unspecified atom stereocenters. The van der Waals surface area contributed by atoms with Crippen molar-refractivity contribution >= 4 is 21.3 Å². The number of nitrogens with one attached hydrogen (secondary N) is 2. The molecule has 186 valence electrons. The van der Waals surface area contributed by atoms with Gasteiger partial charge in [0.15, 0.2) is 23.0 Å². The number of aromatic nitrogens is 7. The molecule has 18 heteroatoms. The summed E-state index contributed by atoms with van der Waals surface area (Å²) in [7, 11) is -4.08. The summed E-state index contributed by atoms with van der Waals surface area (Å²) >= 11 is 0. The average Bonchev–Trinajstić information content (AvgIpc) is 3.37. The minimum atomic E-state index is -4.86. The molecule has 2 N–H and O–H groups in total. The van der Waals surface area contributed by atoms with Crippen LogP contribution in [0.3, 0.4) is 0 Å². The quantitative estimate of drug-likeness (QED) is 0.366. The summed E-state index contributed by atoms with van der Waals surface area (Å²) in [5.74, 6) is -0.505. The van der Waals surface area contributed by atoms with Crippen LogP contribution in [-0.2, 0) is 22.6 Å². The second kappa shape index (κ2) is 8.36. The number of hydrogen-bond donors (Lipinski definition) is 2. The number of anilines is 1. The summed E-state index contributed by atoms with van der Waals surface area (Å²) in [6.45, 7) is -0.202. The highest BCUT2D eigenvalue weighted by Crippen LogP contribution is 2.31. The summed E-state index contributed by atoms with van der Waals surface area (Å²) in [4.78, 5) is 11.5. The fourth-order valence-electron chi connectivity index (χ4n) is 2.81. The first-order valence-electron chi connectivity index (χ1n) is 9.25. The second-order valence-corrected chi connectivity index (χ2v) is 8.83. The number of nitrogens with zero attached hydrogens (tertiary/aromatic N) is 6. The van der Waals surface area contributed by atoms with Crippen LogP contribution in [0.4, 0.5) is 32.2 Å². The number of benzene rings is 1. The zero-order valence-corrected chi connectivity index (χ0v) is 18.0. The van der Waals surface area contributed by atoms with E-state index in [2.05, 4.69) is 40.3 Å². The summed E-state index contributed by atoms with van der Waals surface area (Å²) in [5.41, 5.74) is -1.35. The van der Waals surface area contributed by atoms with E-state index in [1.807, 2.05) is 0 Å². The van der Waals surface area contributed by atoms with Crippen molar-refractivity contribution in [2.45, 2.75) is 24.2 Å². The molecule has 0 bridgehead atoms. The summed E-state index contributed by atoms with van der Waals surface area (Å²) in [5, 5.41) is 11.7. The molecule has 0 spiro atoms. The van der Waals surface area contributed by atoms with Crippen molar-refractivity contribution in [1.82, 2.24) is 34.8 Å². The normalized spacial score (nSPS) is 12.8. The third kappa shape index (κ3) is 5.42. The smallest absolute Gasteiger partial charge is 0.406 e. The molecule has 3 aromatic heterocycles. The Bertz CT molecular complexity index is 1480. The maximum Gasteiger partial charge on any atom is 0.573 e. The van der Waals surface area contributed by atoms with Crippen molar-refractivity contribution in [3.8, 4) is 17.1 Å². The van der Waals surface area contributed by atoms with Gasteiger partial charge in [0, 0.05) is 11.8 Å². The van der Waals surface area contributed by atoms with Crippen LogP contribution in [0.1, 0.15) is 11.5 Å². The Morgan fingerprint density at radius 2 is 1.77 bits per heavy atom. The van der Waals surface area contributed by atoms with Crippen LogP contribution in [0.25, 0.3) is 17.0 Å². The van der Waals surface area contributed by atoms with E-state index in [1.54, 1.807) is 0 Å². The molecule has 4 rings (SSSR count). The van der Waals surface area contributed by atoms with Gasteiger partial charge in [-0.05, 0) is 24.3 Å². The van der Waals surface area contributed by atoms with E-state index in [-0.39, 0.29) is 29.7 Å². The van der Waals surface area contributed by atoms with Gasteiger partial charge in [-0.25, -0.2) is 22.9 Å². The number of H-pyrrole nitrogens is 1. The van der Waals surface area contributed by atoms with Crippen molar-refractivity contribution in [2.24, 2.45) is 0 Å². The molecular formula is C17H12F6N8O3S. The average molecular weight is 522 g/mol. The van der Waals surface area contributed by atoms with Crippen LogP contribution in [0.2, 0.25) is 0 Å². The number of fused-ring (bicyclic) bond motifs is 1. The zero-order chi connectivity index (χ0) is 25.6. The van der Waals surface area contributed by atoms with Gasteiger partial charge in [0.2, 0.25) is 9.84 Å². The maximum absolute atomic E-state index is 13.3. The molecule has 0 saturated carbocycles. The predicted molar refractivity (Wildman–Crippen MR) is 105 cm³/mol. The van der Waals surface area contributed by atoms with Crippen molar-refractivity contribution in [3.05, 3.63) is 42.0 Å². The Labute approximate surface area is 191 Å². The van der Waals surface area contributed by atoms with Crippen LogP contribution < -0.4 is 10.1 Å². The lowest BCUT2D eigenvalue weighted by atomic mass is 10.2. The molecular weight excluding hydrogens is 510 g/mol. The van der Waals surface area contributed by atoms with E-state index >= 15 is 0 Å². The number of aromatic amines is 1. The van der Waals surface area contributed by atoms with E-state index in [0.717, 1.165) is 18.4 Å². The lowest BCUT2D eigenvalue weighted by Crippen LogP contribution is -2.16. The monoisotopic (exact) mass is 522 g/mol. The van der Waals surface area contributed by atoms with E-state index < -0.39 is 39.0 Å². The summed E-state index contributed by atoms with van der Waals surface area (Å²) in [6, 6.07) is 4.71. The number of rotatable bonds is 6. The first kappa shape index (κ1) is 24.2. The molecule has 0 fully saturated rings. The number of alkyl halides is 6. The van der Waals surface area contributed by atoms with Crippen LogP contribution in [0.5, 0.6) is 5.75 Å². The van der Waals surface area contributed by atoms with E-state index in [0.29, 0.717) is 16.3 Å². The van der Waals surface area contributed by atoms with Crippen LogP contribution in [0, 0.1) is 0 Å². The van der Waals surface area contributed by atoms with Crippen molar-refractivity contribution in [1.29, 1.82) is 0 Å². The van der Waals surface area contributed by atoms with Crippen LogP contribution >= 0.6 is 0 Å². The van der Waals surface area contributed by atoms with E-state index in [4.69, 9.17) is 0 Å². The molecule has 0 saturated heterocycles. The molecule has 0 atom stereocenters. The van der Waals surface area contributed by atoms with Crippen LogP contribution in [0.15, 0.2) is 35.6 Å². The standard InChI is InChI=1S/C17H12F6N8O3S/c1-35(32,33)15-27-13(14-25-6-10(16(18,19)20)31(14)30-15)24-7-11-26-12(29-28-11)8-2-4-9(5-3-8)34-17(21,22)23/h2-6H,7H2,1H3,(H,24,27,30)(H,26,28,29). The fourth-order valence-corrected chi connectivity index (χ4v) is 3.29. The third-order valence-electron chi connectivity index (χ3n) is 4.27. The van der Waals surface area contributed by atoms with Gasteiger partial charge in [-0.2, -0.15) is 23.3 Å². The number of hydrogen-bond acceptors (Lipinski definition) is 9. The van der Waals surface area contributed by atoms with Crippen molar-refractivity contribution in [2.75, 3.05) is 11.6 Å². The molecule has 11 nitrogen and oxygen atoms in total. The van der Waals surface area contributed by atoms with Gasteiger partial charge >= 0.3 is 12.5 Å². The Balaban J connectivity index is 1.58. The predicted octanol–water partition coefficient (Wildman–Crippen LogP) is 2.84. The number of imidazole rings is 1. The van der Waals surface area contributed by atoms with Gasteiger partial charge in [0.05, 0.1) is 12.7 Å². The van der Waals surface area contributed by atoms with Gasteiger partial charge in [0.25, 0.3) is 5.16 Å². The number of halogens is 6. The second-order valence-electron chi connectivity index (χ2n) is 6.92. The molecule has 1 aromatic carbocycles. The van der Waals surface area contributed by atoms with Crippen molar-refractivity contribution < 1.29 is 39.5 Å². The topological polar surface area (TPSA) is 140 Å². The minimum Gasteiger partial charge on any atom is -0.406 e. The fraction of sp³-hybridized carbons (Fsp3) is 0.235. The summed E-state index contributed by atoms with van der Waals surface area (Å²) < 4.78 is 104. The highest BCUT2D eigenvalue weighted by molar-refractivity contribution is 7.90. The van der Waals surface area contributed by atoms with Gasteiger partial charge in [-0.15, -0.1) is 18.3 Å². The highest BCUT2D eigenvalue weighted by atomic mass is 32.2. The first-order valence-corrected chi connectivity index (χ1v) is 11.1. The maximum atomic E-state index is 13.3. The van der Waals surface area contributed by atoms with E-state index in [1.165, 1.54) is 12.1 Å². The lowest BCUT2D eigenvalue weighted by Gasteiger charge is -2.09. The Morgan fingerprint density at radius 3 is 2.37 bits per heavy atom. The SMILES string of the molecule is CS(=O)(=O)c1nc(NCc2nc(-c3ccc(OC(F)(F)F)cc3)n[nH]2)c2ncc(C(F)(F)F)n2n1. The molecule has 4 aromatic rings. The van der Waals surface area contributed by atoms with Gasteiger partial charge in [0.1, 0.15) is 11.6 Å². The number of ether oxygens (including phenoxy) is 1. The highest BCUT2D eigenvalue weighted by Gasteiger charge is 2.36. The molecule has 3 heterocycles. The minimum absolute atomic E-state index is 0.102. The van der Waals surface area contributed by atoms with Gasteiger partial charge in [-0.1, -0.05) is 0 Å². The van der Waals surface area contributed by atoms with Gasteiger partial charge < -0.3 is 10.1 Å². The molecule has 35 heavy (non-hydrogen) atoms. The molecule has 0 aliphatic heterocycles. The molecule has 0 aliphatic rings. The third-order valence-corrected chi connectivity index (χ3v) is 5.10. The Kier molecular flexibility index (Phi) is 5.78. The zero-order valence-electron chi connectivity index (χ0n) is 17.2. The largest absolute Gasteiger partial charge is 0.573 e. The molecule has 0 radical (unpaired) electrons.